The smallest absolute Gasteiger partial charge is 0.336 e. The topological polar surface area (TPSA) is 76.2 Å². The minimum atomic E-state index is -0.823. The molecule has 2 aliphatic carbocycles. The van der Waals surface area contributed by atoms with Crippen LogP contribution in [0.2, 0.25) is 0 Å². The molecule has 0 bridgehead atoms. The lowest BCUT2D eigenvalue weighted by molar-refractivity contribution is -0.0110. The number of hydrogen-bond acceptors (Lipinski definition) is 7. The number of aliphatic hydroxyl groups is 1. The summed E-state index contributed by atoms with van der Waals surface area (Å²) >= 11 is 2.88. The summed E-state index contributed by atoms with van der Waals surface area (Å²) in [5.74, 6) is 0.285. The van der Waals surface area contributed by atoms with E-state index in [0.717, 1.165) is 50.9 Å². The molecular formula is C24H19FN2O3S2. The summed E-state index contributed by atoms with van der Waals surface area (Å²) in [6.07, 6.45) is 4.20. The summed E-state index contributed by atoms with van der Waals surface area (Å²) in [6, 6.07) is 13.1. The van der Waals surface area contributed by atoms with E-state index >= 15 is 0 Å². The SMILES string of the molecule is O=c1cc(-c2ccc(F)cc2)c2ccc(Sc3nnc(C(O)(C4CC4)C4CC4)s3)cc2o1. The Balaban J connectivity index is 1.32. The fourth-order valence-corrected chi connectivity index (χ4v) is 6.42. The van der Waals surface area contributed by atoms with Crippen molar-refractivity contribution >= 4 is 34.1 Å². The molecule has 5 nitrogen and oxygen atoms in total. The monoisotopic (exact) mass is 466 g/mol. The first-order valence-electron chi connectivity index (χ1n) is 10.6. The van der Waals surface area contributed by atoms with E-state index in [9.17, 15) is 14.3 Å². The molecule has 0 aliphatic heterocycles. The number of aromatic nitrogens is 2. The Bertz CT molecular complexity index is 1360. The van der Waals surface area contributed by atoms with Gasteiger partial charge in [-0.15, -0.1) is 10.2 Å². The third-order valence-corrected chi connectivity index (χ3v) is 8.33. The van der Waals surface area contributed by atoms with Crippen molar-refractivity contribution in [3.05, 3.63) is 69.8 Å². The molecule has 4 aromatic rings. The quantitative estimate of drug-likeness (QED) is 0.372. The highest BCUT2D eigenvalue weighted by molar-refractivity contribution is 8.01. The summed E-state index contributed by atoms with van der Waals surface area (Å²) in [6.45, 7) is 0. The van der Waals surface area contributed by atoms with Crippen molar-refractivity contribution in [1.29, 1.82) is 0 Å². The Labute approximate surface area is 191 Å². The lowest BCUT2D eigenvalue weighted by atomic mass is 9.93. The molecule has 0 unspecified atom stereocenters. The highest BCUT2D eigenvalue weighted by Crippen LogP contribution is 2.58. The van der Waals surface area contributed by atoms with Crippen LogP contribution in [0.15, 0.2) is 67.0 Å². The number of halogens is 1. The van der Waals surface area contributed by atoms with Crippen LogP contribution in [-0.2, 0) is 5.60 Å². The highest BCUT2D eigenvalue weighted by Gasteiger charge is 2.56. The van der Waals surface area contributed by atoms with Gasteiger partial charge in [-0.3, -0.25) is 0 Å². The van der Waals surface area contributed by atoms with Gasteiger partial charge in [-0.1, -0.05) is 35.2 Å². The van der Waals surface area contributed by atoms with Gasteiger partial charge in [0.2, 0.25) is 0 Å². The van der Waals surface area contributed by atoms with Gasteiger partial charge in [0.15, 0.2) is 9.35 Å². The van der Waals surface area contributed by atoms with Crippen molar-refractivity contribution in [2.45, 2.75) is 40.5 Å². The van der Waals surface area contributed by atoms with E-state index in [1.807, 2.05) is 18.2 Å². The maximum Gasteiger partial charge on any atom is 0.336 e. The van der Waals surface area contributed by atoms with Gasteiger partial charge in [0.1, 0.15) is 17.0 Å². The summed E-state index contributed by atoms with van der Waals surface area (Å²) in [7, 11) is 0. The lowest BCUT2D eigenvalue weighted by Gasteiger charge is -2.24. The first kappa shape index (κ1) is 20.1. The van der Waals surface area contributed by atoms with Crippen LogP contribution >= 0.6 is 23.1 Å². The number of hydrogen-bond donors (Lipinski definition) is 1. The molecule has 0 atom stereocenters. The second-order valence-electron chi connectivity index (χ2n) is 8.49. The van der Waals surface area contributed by atoms with E-state index in [2.05, 4.69) is 10.2 Å². The second-order valence-corrected chi connectivity index (χ2v) is 10.8. The van der Waals surface area contributed by atoms with Gasteiger partial charge >= 0.3 is 5.63 Å². The maximum absolute atomic E-state index is 13.3. The molecule has 0 radical (unpaired) electrons. The fraction of sp³-hybridized carbons (Fsp3) is 0.292. The molecular weight excluding hydrogens is 447 g/mol. The largest absolute Gasteiger partial charge is 0.423 e. The standard InChI is InChI=1S/C24H19FN2O3S2/c25-16-7-1-13(2-8-16)19-12-21(28)30-20-11-17(9-10-18(19)20)31-23-27-26-22(32-23)24(29,14-3-4-14)15-5-6-15/h1-2,7-12,14-15,29H,3-6H2. The summed E-state index contributed by atoms with van der Waals surface area (Å²) < 4.78 is 19.5. The van der Waals surface area contributed by atoms with Crippen molar-refractivity contribution in [2.75, 3.05) is 0 Å². The van der Waals surface area contributed by atoms with Crippen molar-refractivity contribution in [3.8, 4) is 11.1 Å². The normalized spacial score (nSPS) is 16.6. The van der Waals surface area contributed by atoms with Crippen molar-refractivity contribution in [1.82, 2.24) is 10.2 Å². The Morgan fingerprint density at radius 3 is 2.44 bits per heavy atom. The molecule has 6 rings (SSSR count). The minimum Gasteiger partial charge on any atom is -0.423 e. The van der Waals surface area contributed by atoms with Crippen LogP contribution in [0.1, 0.15) is 30.7 Å². The Hall–Kier alpha value is -2.55. The fourth-order valence-electron chi connectivity index (χ4n) is 4.32. The molecule has 2 fully saturated rings. The molecule has 2 heterocycles. The predicted molar refractivity (Wildman–Crippen MR) is 121 cm³/mol. The van der Waals surface area contributed by atoms with Crippen molar-refractivity contribution in [3.63, 3.8) is 0 Å². The number of benzene rings is 2. The molecule has 0 saturated heterocycles. The predicted octanol–water partition coefficient (Wildman–Crippen LogP) is 5.61. The van der Waals surface area contributed by atoms with Crippen LogP contribution < -0.4 is 5.63 Å². The van der Waals surface area contributed by atoms with Gasteiger partial charge in [0, 0.05) is 16.3 Å². The Kier molecular flexibility index (Phi) is 4.71. The van der Waals surface area contributed by atoms with Gasteiger partial charge in [0.25, 0.3) is 0 Å². The second kappa shape index (κ2) is 7.50. The average molecular weight is 467 g/mol. The van der Waals surface area contributed by atoms with Crippen LogP contribution in [0.3, 0.4) is 0 Å². The zero-order valence-corrected chi connectivity index (χ0v) is 18.6. The minimum absolute atomic E-state index is 0.306. The van der Waals surface area contributed by atoms with E-state index in [4.69, 9.17) is 4.42 Å². The van der Waals surface area contributed by atoms with Crippen molar-refractivity contribution < 1.29 is 13.9 Å². The van der Waals surface area contributed by atoms with Gasteiger partial charge in [-0.05, 0) is 79.0 Å². The first-order valence-corrected chi connectivity index (χ1v) is 12.2. The number of fused-ring (bicyclic) bond motifs is 1. The van der Waals surface area contributed by atoms with Crippen molar-refractivity contribution in [2.24, 2.45) is 11.8 Å². The zero-order valence-electron chi connectivity index (χ0n) is 17.0. The molecule has 2 aliphatic rings. The van der Waals surface area contributed by atoms with Gasteiger partial charge in [0.05, 0.1) is 0 Å². The molecule has 2 saturated carbocycles. The van der Waals surface area contributed by atoms with Crippen LogP contribution in [0.5, 0.6) is 0 Å². The van der Waals surface area contributed by atoms with Crippen LogP contribution in [0, 0.1) is 17.7 Å². The first-order chi connectivity index (χ1) is 15.5. The van der Waals surface area contributed by atoms with Gasteiger partial charge in [-0.2, -0.15) is 0 Å². The van der Waals surface area contributed by atoms with E-state index < -0.39 is 11.2 Å². The molecule has 0 spiro atoms. The molecule has 162 valence electrons. The van der Waals surface area contributed by atoms with E-state index in [-0.39, 0.29) is 5.82 Å². The Morgan fingerprint density at radius 1 is 1.03 bits per heavy atom. The van der Waals surface area contributed by atoms with Crippen LogP contribution in [-0.4, -0.2) is 15.3 Å². The van der Waals surface area contributed by atoms with E-state index in [1.165, 1.54) is 41.3 Å². The van der Waals surface area contributed by atoms with Gasteiger partial charge in [-0.25, -0.2) is 9.18 Å². The molecule has 2 aromatic carbocycles. The third-order valence-electron chi connectivity index (χ3n) is 6.22. The number of nitrogens with zero attached hydrogens (tertiary/aromatic N) is 2. The summed E-state index contributed by atoms with van der Waals surface area (Å²) in [5, 5.41) is 21.4. The summed E-state index contributed by atoms with van der Waals surface area (Å²) in [4.78, 5) is 13.0. The molecule has 8 heteroatoms. The molecule has 1 N–H and O–H groups in total. The highest BCUT2D eigenvalue weighted by atomic mass is 32.2. The zero-order chi connectivity index (χ0) is 21.9. The Morgan fingerprint density at radius 2 is 1.75 bits per heavy atom. The van der Waals surface area contributed by atoms with E-state index in [0.29, 0.717) is 23.0 Å². The average Bonchev–Trinajstić information content (AvgIpc) is 3.71. The summed E-state index contributed by atoms with van der Waals surface area (Å²) in [5.41, 5.74) is 0.620. The van der Waals surface area contributed by atoms with E-state index in [1.54, 1.807) is 12.1 Å². The van der Waals surface area contributed by atoms with Gasteiger partial charge < -0.3 is 9.52 Å². The third kappa shape index (κ3) is 3.56. The maximum atomic E-state index is 13.3. The molecule has 0 amide bonds. The van der Waals surface area contributed by atoms with Crippen LogP contribution in [0.4, 0.5) is 4.39 Å². The number of rotatable bonds is 6. The lowest BCUT2D eigenvalue weighted by Crippen LogP contribution is -2.30. The molecule has 2 aromatic heterocycles. The molecule has 32 heavy (non-hydrogen) atoms. The van der Waals surface area contributed by atoms with Crippen LogP contribution in [0.25, 0.3) is 22.1 Å².